The molecule has 0 radical (unpaired) electrons. The first-order valence-electron chi connectivity index (χ1n) is 14.4. The Bertz CT molecular complexity index is 1180. The van der Waals surface area contributed by atoms with E-state index in [1.165, 1.54) is 4.90 Å². The highest BCUT2D eigenvalue weighted by Gasteiger charge is 2.77. The smallest absolute Gasteiger partial charge is 0.312 e. The molecule has 42 heavy (non-hydrogen) atoms. The summed E-state index contributed by atoms with van der Waals surface area (Å²) in [7, 11) is 0. The summed E-state index contributed by atoms with van der Waals surface area (Å²) in [6, 6.07) is 8.57. The minimum Gasteiger partial charge on any atom is -0.460 e. The summed E-state index contributed by atoms with van der Waals surface area (Å²) in [5, 5.41) is 12.3. The number of likely N-dealkylation sites (tertiary alicyclic amines) is 1. The lowest BCUT2D eigenvalue weighted by atomic mass is 9.70. The fraction of sp³-hybridized carbons (Fsp3) is 0.548. The molecule has 0 saturated carbocycles. The standard InChI is InChI=1S/C31H40BrN3O7/c1-4-6-13-23(37)33-18-20(3)41-30(40)24-25-28(38)35(15-10-16-36)27(31(25)17-22(32)26(24)42-31)29(39)34(14-5-2)19-21-11-8-7-9-12-21/h4-5,7-9,11-12,20,22,24-27,36H,1-2,6,10,13-19H2,3H3,(H,33,37)/t20-,22?,24-,25+,26-,27-,31+/m0/s1. The van der Waals surface area contributed by atoms with Crippen molar-refractivity contribution in [2.24, 2.45) is 11.8 Å². The van der Waals surface area contributed by atoms with Gasteiger partial charge in [0.15, 0.2) is 0 Å². The molecule has 3 aliphatic rings. The molecule has 3 heterocycles. The number of hydrogen-bond donors (Lipinski definition) is 2. The summed E-state index contributed by atoms with van der Waals surface area (Å²) in [5.74, 6) is -3.25. The van der Waals surface area contributed by atoms with Gasteiger partial charge in [-0.05, 0) is 31.7 Å². The van der Waals surface area contributed by atoms with Gasteiger partial charge in [-0.3, -0.25) is 19.2 Å². The summed E-state index contributed by atoms with van der Waals surface area (Å²) in [4.78, 5) is 56.8. The molecule has 1 aromatic rings. The molecule has 2 N–H and O–H groups in total. The maximum atomic E-state index is 14.3. The molecule has 4 rings (SSSR count). The summed E-state index contributed by atoms with van der Waals surface area (Å²) in [6.07, 6.45) is 3.48. The number of carbonyl (C=O) groups excluding carboxylic acids is 4. The summed E-state index contributed by atoms with van der Waals surface area (Å²) >= 11 is 3.66. The van der Waals surface area contributed by atoms with E-state index in [0.29, 0.717) is 25.8 Å². The van der Waals surface area contributed by atoms with Gasteiger partial charge >= 0.3 is 5.97 Å². The maximum Gasteiger partial charge on any atom is 0.312 e. The highest BCUT2D eigenvalue weighted by molar-refractivity contribution is 9.09. The summed E-state index contributed by atoms with van der Waals surface area (Å²) in [5.41, 5.74) is -0.306. The highest BCUT2D eigenvalue weighted by atomic mass is 79.9. The third kappa shape index (κ3) is 6.33. The fourth-order valence-corrected chi connectivity index (χ4v) is 7.37. The molecule has 228 valence electrons. The minimum atomic E-state index is -1.23. The van der Waals surface area contributed by atoms with Gasteiger partial charge in [-0.25, -0.2) is 0 Å². The van der Waals surface area contributed by atoms with Gasteiger partial charge in [-0.1, -0.05) is 58.4 Å². The van der Waals surface area contributed by atoms with Gasteiger partial charge in [0.1, 0.15) is 17.7 Å². The number of esters is 1. The monoisotopic (exact) mass is 645 g/mol. The number of aliphatic hydroxyl groups excluding tert-OH is 1. The number of allylic oxidation sites excluding steroid dienone is 1. The van der Waals surface area contributed by atoms with Gasteiger partial charge in [-0.15, -0.1) is 13.2 Å². The first-order valence-corrected chi connectivity index (χ1v) is 15.3. The molecule has 0 aromatic heterocycles. The zero-order valence-corrected chi connectivity index (χ0v) is 25.5. The Morgan fingerprint density at radius 1 is 1.29 bits per heavy atom. The third-order valence-corrected chi connectivity index (χ3v) is 9.05. The van der Waals surface area contributed by atoms with Crippen molar-refractivity contribution in [2.75, 3.05) is 26.2 Å². The predicted octanol–water partition coefficient (Wildman–Crippen LogP) is 2.35. The number of rotatable bonds is 15. The van der Waals surface area contributed by atoms with Crippen LogP contribution in [-0.4, -0.2) is 93.5 Å². The molecular formula is C31H40BrN3O7. The Labute approximate surface area is 255 Å². The second kappa shape index (κ2) is 14.0. The Kier molecular flexibility index (Phi) is 10.6. The number of nitrogens with one attached hydrogen (secondary N) is 1. The summed E-state index contributed by atoms with van der Waals surface area (Å²) in [6.45, 7) is 9.79. The normalized spacial score (nSPS) is 28.2. The molecule has 1 aromatic carbocycles. The van der Waals surface area contributed by atoms with Crippen molar-refractivity contribution in [2.45, 2.75) is 67.8 Å². The lowest BCUT2D eigenvalue weighted by Crippen LogP contribution is -2.56. The number of aliphatic hydroxyl groups is 1. The van der Waals surface area contributed by atoms with E-state index in [1.54, 1.807) is 24.0 Å². The zero-order chi connectivity index (χ0) is 30.4. The van der Waals surface area contributed by atoms with Gasteiger partial charge in [0.2, 0.25) is 17.7 Å². The van der Waals surface area contributed by atoms with Crippen LogP contribution < -0.4 is 5.32 Å². The van der Waals surface area contributed by atoms with Crippen LogP contribution in [0.4, 0.5) is 0 Å². The molecule has 0 aliphatic carbocycles. The first-order chi connectivity index (χ1) is 20.2. The van der Waals surface area contributed by atoms with Crippen LogP contribution in [0.15, 0.2) is 55.6 Å². The molecule has 3 fully saturated rings. The van der Waals surface area contributed by atoms with Crippen LogP contribution in [0.2, 0.25) is 0 Å². The van der Waals surface area contributed by atoms with Crippen LogP contribution in [0.1, 0.15) is 38.2 Å². The van der Waals surface area contributed by atoms with E-state index in [1.807, 2.05) is 30.3 Å². The third-order valence-electron chi connectivity index (χ3n) is 8.21. The highest BCUT2D eigenvalue weighted by Crippen LogP contribution is 2.60. The Balaban J connectivity index is 1.59. The second-order valence-electron chi connectivity index (χ2n) is 11.1. The number of ether oxygens (including phenoxy) is 2. The van der Waals surface area contributed by atoms with Crippen molar-refractivity contribution >= 4 is 39.6 Å². The lowest BCUT2D eigenvalue weighted by Gasteiger charge is -2.37. The van der Waals surface area contributed by atoms with E-state index >= 15 is 0 Å². The predicted molar refractivity (Wildman–Crippen MR) is 159 cm³/mol. The zero-order valence-electron chi connectivity index (χ0n) is 24.0. The van der Waals surface area contributed by atoms with Crippen LogP contribution in [0, 0.1) is 11.8 Å². The van der Waals surface area contributed by atoms with Crippen molar-refractivity contribution in [3.05, 3.63) is 61.2 Å². The van der Waals surface area contributed by atoms with E-state index in [0.717, 1.165) is 5.56 Å². The number of alkyl halides is 1. The molecule has 7 atom stereocenters. The number of halogens is 1. The molecule has 1 spiro atoms. The second-order valence-corrected chi connectivity index (χ2v) is 12.3. The minimum absolute atomic E-state index is 0.126. The quantitative estimate of drug-likeness (QED) is 0.170. The first kappa shape index (κ1) is 31.9. The molecule has 3 amide bonds. The average Bonchev–Trinajstić information content (AvgIpc) is 3.56. The molecule has 1 unspecified atom stereocenters. The van der Waals surface area contributed by atoms with E-state index in [-0.39, 0.29) is 55.2 Å². The number of amides is 3. The fourth-order valence-electron chi connectivity index (χ4n) is 6.42. The van der Waals surface area contributed by atoms with Gasteiger partial charge < -0.3 is 29.7 Å². The number of hydrogen-bond acceptors (Lipinski definition) is 7. The Hall–Kier alpha value is -3.02. The van der Waals surface area contributed by atoms with Crippen molar-refractivity contribution < 1.29 is 33.8 Å². The van der Waals surface area contributed by atoms with Crippen LogP contribution in [0.3, 0.4) is 0 Å². The molecule has 2 bridgehead atoms. The van der Waals surface area contributed by atoms with Gasteiger partial charge in [0.05, 0.1) is 24.5 Å². The van der Waals surface area contributed by atoms with Crippen molar-refractivity contribution in [1.29, 1.82) is 0 Å². The topological polar surface area (TPSA) is 125 Å². The maximum absolute atomic E-state index is 14.3. The molecule has 10 nitrogen and oxygen atoms in total. The Morgan fingerprint density at radius 3 is 2.69 bits per heavy atom. The number of fused-ring (bicyclic) bond motifs is 1. The van der Waals surface area contributed by atoms with Crippen LogP contribution in [0.5, 0.6) is 0 Å². The van der Waals surface area contributed by atoms with Gasteiger partial charge in [0.25, 0.3) is 0 Å². The van der Waals surface area contributed by atoms with E-state index < -0.39 is 41.7 Å². The largest absolute Gasteiger partial charge is 0.460 e. The molecule has 11 heteroatoms. The molecular weight excluding hydrogens is 606 g/mol. The van der Waals surface area contributed by atoms with E-state index in [9.17, 15) is 24.3 Å². The SMILES string of the molecule is C=CCCC(=O)NC[C@H](C)OC(=O)[C@@H]1[C@H]2O[C@@]3(CC2Br)[C@H](C(=O)N(CC=C)Cc2ccccc2)N(CCCO)C(=O)[C@@H]13. The number of nitrogens with zero attached hydrogens (tertiary/aromatic N) is 2. The van der Waals surface area contributed by atoms with Crippen LogP contribution >= 0.6 is 15.9 Å². The average molecular weight is 647 g/mol. The van der Waals surface area contributed by atoms with Crippen molar-refractivity contribution in [3.8, 4) is 0 Å². The Morgan fingerprint density at radius 2 is 2.02 bits per heavy atom. The van der Waals surface area contributed by atoms with Crippen LogP contribution in [-0.2, 0) is 35.2 Å². The molecule has 3 aliphatic heterocycles. The number of carbonyl (C=O) groups is 4. The van der Waals surface area contributed by atoms with Crippen molar-refractivity contribution in [1.82, 2.24) is 15.1 Å². The summed E-state index contributed by atoms with van der Waals surface area (Å²) < 4.78 is 12.2. The van der Waals surface area contributed by atoms with E-state index in [2.05, 4.69) is 34.4 Å². The number of benzene rings is 1. The van der Waals surface area contributed by atoms with Crippen LogP contribution in [0.25, 0.3) is 0 Å². The lowest BCUT2D eigenvalue weighted by molar-refractivity contribution is -0.159. The van der Waals surface area contributed by atoms with Crippen molar-refractivity contribution in [3.63, 3.8) is 0 Å². The molecule has 3 saturated heterocycles. The van der Waals surface area contributed by atoms with E-state index in [4.69, 9.17) is 9.47 Å². The van der Waals surface area contributed by atoms with Gasteiger partial charge in [0, 0.05) is 37.5 Å². The van der Waals surface area contributed by atoms with Gasteiger partial charge in [-0.2, -0.15) is 0 Å².